The van der Waals surface area contributed by atoms with Crippen LogP contribution >= 0.6 is 11.6 Å². The van der Waals surface area contributed by atoms with Crippen molar-refractivity contribution in [1.29, 1.82) is 0 Å². The van der Waals surface area contributed by atoms with Gasteiger partial charge >= 0.3 is 5.97 Å². The van der Waals surface area contributed by atoms with Crippen LogP contribution in [0, 0.1) is 13.8 Å². The molecule has 0 saturated carbocycles. The van der Waals surface area contributed by atoms with Gasteiger partial charge in [0.2, 0.25) is 0 Å². The molecule has 120 valence electrons. The molecule has 0 unspecified atom stereocenters. The fourth-order valence-electron chi connectivity index (χ4n) is 2.07. The second kappa shape index (κ2) is 7.79. The largest absolute Gasteiger partial charge is 0.455 e. The zero-order chi connectivity index (χ0) is 16.8. The number of hydrogen-bond acceptors (Lipinski definition) is 3. The molecule has 2 aromatic carbocycles. The molecule has 4 nitrogen and oxygen atoms in total. The summed E-state index contributed by atoms with van der Waals surface area (Å²) >= 11 is 6.04. The first-order valence-electron chi connectivity index (χ1n) is 7.22. The maximum absolute atomic E-state index is 11.8. The fraction of sp³-hybridized carbons (Fsp3) is 0.222. The molecular weight excluding hydrogens is 314 g/mol. The van der Waals surface area contributed by atoms with Crippen molar-refractivity contribution in [1.82, 2.24) is 0 Å². The molecule has 0 aromatic heterocycles. The lowest BCUT2D eigenvalue weighted by Gasteiger charge is -2.09. The lowest BCUT2D eigenvalue weighted by Crippen LogP contribution is -2.22. The van der Waals surface area contributed by atoms with Crippen LogP contribution in [0.3, 0.4) is 0 Å². The second-order valence-corrected chi connectivity index (χ2v) is 5.70. The maximum Gasteiger partial charge on any atom is 0.310 e. The first-order valence-corrected chi connectivity index (χ1v) is 7.59. The van der Waals surface area contributed by atoms with Gasteiger partial charge in [-0.25, -0.2) is 0 Å². The van der Waals surface area contributed by atoms with Crippen LogP contribution in [-0.2, 0) is 20.7 Å². The molecule has 0 atom stereocenters. The quantitative estimate of drug-likeness (QED) is 0.850. The van der Waals surface area contributed by atoms with Gasteiger partial charge in [0.1, 0.15) is 0 Å². The Balaban J connectivity index is 1.84. The van der Waals surface area contributed by atoms with Crippen LogP contribution < -0.4 is 5.32 Å². The van der Waals surface area contributed by atoms with E-state index in [1.807, 2.05) is 44.2 Å². The van der Waals surface area contributed by atoms with Crippen LogP contribution in [0.1, 0.15) is 16.7 Å². The van der Waals surface area contributed by atoms with Gasteiger partial charge in [-0.3, -0.25) is 9.59 Å². The summed E-state index contributed by atoms with van der Waals surface area (Å²) in [5.74, 6) is -0.863. The van der Waals surface area contributed by atoms with Gasteiger partial charge in [-0.2, -0.15) is 0 Å². The molecule has 1 amide bonds. The minimum atomic E-state index is -0.440. The zero-order valence-electron chi connectivity index (χ0n) is 13.1. The van der Waals surface area contributed by atoms with Gasteiger partial charge in [0.25, 0.3) is 5.91 Å². The van der Waals surface area contributed by atoms with Gasteiger partial charge < -0.3 is 10.1 Å². The zero-order valence-corrected chi connectivity index (χ0v) is 13.8. The van der Waals surface area contributed by atoms with Crippen molar-refractivity contribution in [2.45, 2.75) is 20.3 Å². The van der Waals surface area contributed by atoms with Crippen LogP contribution in [0.2, 0.25) is 5.02 Å². The summed E-state index contributed by atoms with van der Waals surface area (Å²) in [6.07, 6.45) is 0.144. The van der Waals surface area contributed by atoms with Crippen molar-refractivity contribution >= 4 is 29.2 Å². The van der Waals surface area contributed by atoms with Crippen LogP contribution in [-0.4, -0.2) is 18.5 Å². The number of anilines is 1. The van der Waals surface area contributed by atoms with E-state index in [1.54, 1.807) is 12.1 Å². The normalized spacial score (nSPS) is 10.2. The number of rotatable bonds is 5. The molecule has 1 N–H and O–H groups in total. The molecule has 23 heavy (non-hydrogen) atoms. The monoisotopic (exact) mass is 331 g/mol. The third-order valence-electron chi connectivity index (χ3n) is 3.36. The van der Waals surface area contributed by atoms with Crippen molar-refractivity contribution in [2.24, 2.45) is 0 Å². The average Bonchev–Trinajstić information content (AvgIpc) is 2.50. The van der Waals surface area contributed by atoms with Crippen LogP contribution in [0.15, 0.2) is 42.5 Å². The van der Waals surface area contributed by atoms with Crippen molar-refractivity contribution < 1.29 is 14.3 Å². The van der Waals surface area contributed by atoms with E-state index in [2.05, 4.69) is 5.32 Å². The maximum atomic E-state index is 11.8. The van der Waals surface area contributed by atoms with Gasteiger partial charge in [-0.15, -0.1) is 0 Å². The van der Waals surface area contributed by atoms with Crippen molar-refractivity contribution in [3.63, 3.8) is 0 Å². The van der Waals surface area contributed by atoms with Gasteiger partial charge in [-0.05, 0) is 42.7 Å². The van der Waals surface area contributed by atoms with E-state index >= 15 is 0 Å². The second-order valence-electron chi connectivity index (χ2n) is 5.30. The predicted octanol–water partition coefficient (Wildman–Crippen LogP) is 3.68. The number of halogens is 1. The highest BCUT2D eigenvalue weighted by molar-refractivity contribution is 6.33. The number of aryl methyl sites for hydroxylation is 2. The Morgan fingerprint density at radius 3 is 2.57 bits per heavy atom. The van der Waals surface area contributed by atoms with E-state index < -0.39 is 11.9 Å². The van der Waals surface area contributed by atoms with Gasteiger partial charge in [0.05, 0.1) is 17.1 Å². The van der Waals surface area contributed by atoms with E-state index in [0.717, 1.165) is 16.7 Å². The minimum absolute atomic E-state index is 0.144. The molecule has 0 fully saturated rings. The Morgan fingerprint density at radius 2 is 1.87 bits per heavy atom. The Bertz CT molecular complexity index is 728. The first-order chi connectivity index (χ1) is 11.0. The lowest BCUT2D eigenvalue weighted by atomic mass is 10.1. The highest BCUT2D eigenvalue weighted by atomic mass is 35.5. The number of carbonyl (C=O) groups excluding carboxylic acids is 2. The standard InChI is InChI=1S/C18H18ClNO3/c1-12-7-8-16(15(19)9-12)20-17(21)11-23-18(22)10-14-6-4-3-5-13(14)2/h3-9H,10-11H2,1-2H3,(H,20,21). The molecule has 0 spiro atoms. The highest BCUT2D eigenvalue weighted by Gasteiger charge is 2.11. The smallest absolute Gasteiger partial charge is 0.310 e. The summed E-state index contributed by atoms with van der Waals surface area (Å²) in [4.78, 5) is 23.6. The minimum Gasteiger partial charge on any atom is -0.455 e. The molecule has 5 heteroatoms. The molecule has 0 saturated heterocycles. The summed E-state index contributed by atoms with van der Waals surface area (Å²) in [5, 5.41) is 3.07. The lowest BCUT2D eigenvalue weighted by molar-refractivity contribution is -0.146. The molecule has 0 aliphatic carbocycles. The van der Waals surface area contributed by atoms with E-state index in [9.17, 15) is 9.59 Å². The fourth-order valence-corrected chi connectivity index (χ4v) is 2.35. The SMILES string of the molecule is Cc1ccc(NC(=O)COC(=O)Cc2ccccc2C)c(Cl)c1. The van der Waals surface area contributed by atoms with Crippen molar-refractivity contribution in [3.05, 3.63) is 64.2 Å². The number of carbonyl (C=O) groups is 2. The van der Waals surface area contributed by atoms with E-state index in [-0.39, 0.29) is 13.0 Å². The predicted molar refractivity (Wildman–Crippen MR) is 90.7 cm³/mol. The Morgan fingerprint density at radius 1 is 1.13 bits per heavy atom. The Kier molecular flexibility index (Phi) is 5.77. The molecule has 0 heterocycles. The first kappa shape index (κ1) is 17.0. The third-order valence-corrected chi connectivity index (χ3v) is 3.67. The topological polar surface area (TPSA) is 55.4 Å². The molecule has 2 rings (SSSR count). The third kappa shape index (κ3) is 5.11. The van der Waals surface area contributed by atoms with Gasteiger partial charge in [0, 0.05) is 0 Å². The molecule has 2 aromatic rings. The average molecular weight is 332 g/mol. The number of nitrogens with one attached hydrogen (secondary N) is 1. The van der Waals surface area contributed by atoms with E-state index in [1.165, 1.54) is 0 Å². The van der Waals surface area contributed by atoms with Crippen LogP contribution in [0.5, 0.6) is 0 Å². The summed E-state index contributed by atoms with van der Waals surface area (Å²) in [6.45, 7) is 3.49. The Labute approximate surface area is 140 Å². The summed E-state index contributed by atoms with van der Waals surface area (Å²) < 4.78 is 5.00. The Hall–Kier alpha value is -2.33. The molecule has 0 bridgehead atoms. The summed E-state index contributed by atoms with van der Waals surface area (Å²) in [6, 6.07) is 12.9. The summed E-state index contributed by atoms with van der Waals surface area (Å²) in [5.41, 5.74) is 3.40. The number of amides is 1. The number of benzene rings is 2. The molecule has 0 radical (unpaired) electrons. The van der Waals surface area contributed by atoms with E-state index in [4.69, 9.17) is 16.3 Å². The molecule has 0 aliphatic heterocycles. The van der Waals surface area contributed by atoms with Gasteiger partial charge in [0.15, 0.2) is 6.61 Å². The van der Waals surface area contributed by atoms with Gasteiger partial charge in [-0.1, -0.05) is 41.9 Å². The van der Waals surface area contributed by atoms with Crippen molar-refractivity contribution in [2.75, 3.05) is 11.9 Å². The highest BCUT2D eigenvalue weighted by Crippen LogP contribution is 2.22. The number of esters is 1. The van der Waals surface area contributed by atoms with E-state index in [0.29, 0.717) is 10.7 Å². The summed E-state index contributed by atoms with van der Waals surface area (Å²) in [7, 11) is 0. The molecule has 0 aliphatic rings. The number of hydrogen-bond donors (Lipinski definition) is 1. The van der Waals surface area contributed by atoms with Crippen LogP contribution in [0.4, 0.5) is 5.69 Å². The number of ether oxygens (including phenoxy) is 1. The molecular formula is C18H18ClNO3. The van der Waals surface area contributed by atoms with Crippen molar-refractivity contribution in [3.8, 4) is 0 Å². The van der Waals surface area contributed by atoms with Crippen LogP contribution in [0.25, 0.3) is 0 Å².